The number of para-hydroxylation sites is 1. The monoisotopic (exact) mass is 795 g/mol. The molecule has 0 aliphatic carbocycles. The number of hydrogen-bond donors (Lipinski definition) is 0. The number of hydrogen-bond acceptors (Lipinski definition) is 3. The summed E-state index contributed by atoms with van der Waals surface area (Å²) in [5.74, 6) is 0. The van der Waals surface area contributed by atoms with E-state index in [1.165, 1.54) is 58.9 Å². The van der Waals surface area contributed by atoms with E-state index in [4.69, 9.17) is 4.42 Å². The zero-order chi connectivity index (χ0) is 40.3. The van der Waals surface area contributed by atoms with Gasteiger partial charge >= 0.3 is 0 Å². The average Bonchev–Trinajstić information content (AvgIpc) is 3.92. The van der Waals surface area contributed by atoms with Gasteiger partial charge in [-0.3, -0.25) is 0 Å². The van der Waals surface area contributed by atoms with Crippen molar-refractivity contribution in [2.24, 2.45) is 0 Å². The molecule has 0 aliphatic heterocycles. The van der Waals surface area contributed by atoms with Gasteiger partial charge in [0.2, 0.25) is 0 Å². The number of benzene rings is 10. The van der Waals surface area contributed by atoms with E-state index < -0.39 is 0 Å². The maximum absolute atomic E-state index is 7.07. The molecule has 3 heteroatoms. The third-order valence-electron chi connectivity index (χ3n) is 12.1. The van der Waals surface area contributed by atoms with Crippen LogP contribution in [0.5, 0.6) is 0 Å². The first kappa shape index (κ1) is 35.2. The molecule has 2 heterocycles. The van der Waals surface area contributed by atoms with Crippen LogP contribution in [0, 0.1) is 0 Å². The van der Waals surface area contributed by atoms with Crippen molar-refractivity contribution >= 4 is 81.3 Å². The van der Waals surface area contributed by atoms with Gasteiger partial charge in [0.15, 0.2) is 5.58 Å². The lowest BCUT2D eigenvalue weighted by Gasteiger charge is -2.29. The van der Waals surface area contributed by atoms with Crippen LogP contribution in [0.3, 0.4) is 0 Å². The summed E-state index contributed by atoms with van der Waals surface area (Å²) < 4.78 is 9.58. The van der Waals surface area contributed by atoms with E-state index in [1.54, 1.807) is 0 Å². The van der Waals surface area contributed by atoms with Crippen LogP contribution in [0.1, 0.15) is 0 Å². The third-order valence-corrected chi connectivity index (χ3v) is 13.3. The second-order valence-electron chi connectivity index (χ2n) is 15.6. The summed E-state index contributed by atoms with van der Waals surface area (Å²) in [7, 11) is 0. The lowest BCUT2D eigenvalue weighted by Crippen LogP contribution is -2.11. The minimum Gasteiger partial charge on any atom is -0.454 e. The van der Waals surface area contributed by atoms with Crippen molar-refractivity contribution in [1.29, 1.82) is 0 Å². The van der Waals surface area contributed by atoms with Crippen LogP contribution in [-0.4, -0.2) is 0 Å². The fourth-order valence-electron chi connectivity index (χ4n) is 9.21. The molecule has 0 saturated heterocycles. The highest BCUT2D eigenvalue weighted by Crippen LogP contribution is 2.52. The van der Waals surface area contributed by atoms with Gasteiger partial charge in [-0.05, 0) is 86.3 Å². The first-order chi connectivity index (χ1) is 30.3. The van der Waals surface area contributed by atoms with Gasteiger partial charge in [-0.15, -0.1) is 11.3 Å². The smallest absolute Gasteiger partial charge is 0.159 e. The molecule has 0 unspecified atom stereocenters. The van der Waals surface area contributed by atoms with Crippen LogP contribution < -0.4 is 4.90 Å². The fourth-order valence-corrected chi connectivity index (χ4v) is 10.5. The zero-order valence-electron chi connectivity index (χ0n) is 33.1. The quantitative estimate of drug-likeness (QED) is 0.160. The average molecular weight is 796 g/mol. The van der Waals surface area contributed by atoms with Crippen LogP contribution in [0.25, 0.3) is 97.4 Å². The second kappa shape index (κ2) is 14.5. The summed E-state index contributed by atoms with van der Waals surface area (Å²) in [5.41, 5.74) is 14.4. The molecule has 0 fully saturated rings. The predicted molar refractivity (Wildman–Crippen MR) is 261 cm³/mol. The van der Waals surface area contributed by atoms with Crippen LogP contribution in [-0.2, 0) is 0 Å². The van der Waals surface area contributed by atoms with Gasteiger partial charge in [0.05, 0.1) is 17.1 Å². The Labute approximate surface area is 357 Å². The number of anilines is 3. The minimum atomic E-state index is 0.852. The standard InChI is InChI=1S/C58H37NOS/c1-5-16-38(17-6-1)42-28-30-48-49-26-15-27-53(57(49)60-54(48)36-42)59(51-34-32-44(40-20-9-3-10-21-40)46-24-13-14-25-47(46)51)52-35-33-45(41-22-11-4-12-23-41)58-56(52)50-31-29-43(37-55(50)61-58)39-18-7-2-8-19-39/h1-37H. The van der Waals surface area contributed by atoms with E-state index >= 15 is 0 Å². The van der Waals surface area contributed by atoms with E-state index in [-0.39, 0.29) is 0 Å². The van der Waals surface area contributed by atoms with Gasteiger partial charge in [-0.2, -0.15) is 0 Å². The maximum atomic E-state index is 7.07. The summed E-state index contributed by atoms with van der Waals surface area (Å²) in [6, 6.07) is 81.0. The van der Waals surface area contributed by atoms with E-state index in [2.05, 4.69) is 229 Å². The molecule has 10 aromatic carbocycles. The summed E-state index contributed by atoms with van der Waals surface area (Å²) in [5, 5.41) is 6.99. The molecule has 0 saturated carbocycles. The highest BCUT2D eigenvalue weighted by molar-refractivity contribution is 7.26. The van der Waals surface area contributed by atoms with E-state index in [0.29, 0.717) is 0 Å². The first-order valence-corrected chi connectivity index (χ1v) is 21.6. The lowest BCUT2D eigenvalue weighted by atomic mass is 9.95. The molecule has 0 spiro atoms. The molecule has 0 bridgehead atoms. The molecular formula is C58H37NOS. The molecule has 2 aromatic heterocycles. The molecule has 12 aromatic rings. The number of thiophene rings is 1. The topological polar surface area (TPSA) is 16.4 Å². The minimum absolute atomic E-state index is 0.852. The Hall–Kier alpha value is -7.72. The number of furan rings is 1. The van der Waals surface area contributed by atoms with Crippen molar-refractivity contribution < 1.29 is 4.42 Å². The second-order valence-corrected chi connectivity index (χ2v) is 16.6. The molecule has 61 heavy (non-hydrogen) atoms. The Morgan fingerprint density at radius 3 is 1.56 bits per heavy atom. The number of rotatable bonds is 7. The highest BCUT2D eigenvalue weighted by Gasteiger charge is 2.26. The number of fused-ring (bicyclic) bond motifs is 7. The Kier molecular flexibility index (Phi) is 8.39. The Morgan fingerprint density at radius 2 is 0.869 bits per heavy atom. The van der Waals surface area contributed by atoms with Gasteiger partial charge in [0.1, 0.15) is 5.58 Å². The SMILES string of the molecule is c1ccc(-c2ccc3c(c2)oc2c(N(c4ccc(-c5ccccc5)c5ccccc45)c4ccc(-c5ccccc5)c5sc6cc(-c7ccccc7)ccc6c45)cccc23)cc1. The molecule has 286 valence electrons. The Balaban J connectivity index is 1.17. The van der Waals surface area contributed by atoms with Crippen molar-refractivity contribution in [2.75, 3.05) is 4.90 Å². The van der Waals surface area contributed by atoms with Crippen molar-refractivity contribution in [2.45, 2.75) is 0 Å². The highest BCUT2D eigenvalue weighted by atomic mass is 32.1. The lowest BCUT2D eigenvalue weighted by molar-refractivity contribution is 0.669. The molecule has 0 atom stereocenters. The van der Waals surface area contributed by atoms with Gasteiger partial charge in [0, 0.05) is 36.3 Å². The zero-order valence-corrected chi connectivity index (χ0v) is 33.9. The van der Waals surface area contributed by atoms with Crippen LogP contribution in [0.2, 0.25) is 0 Å². The van der Waals surface area contributed by atoms with Crippen LogP contribution >= 0.6 is 11.3 Å². The van der Waals surface area contributed by atoms with Crippen LogP contribution in [0.15, 0.2) is 229 Å². The molecule has 0 amide bonds. The van der Waals surface area contributed by atoms with Crippen molar-refractivity contribution in [3.63, 3.8) is 0 Å². The molecular weight excluding hydrogens is 759 g/mol. The Morgan fingerprint density at radius 1 is 0.328 bits per heavy atom. The van der Waals surface area contributed by atoms with E-state index in [9.17, 15) is 0 Å². The molecule has 2 nitrogen and oxygen atoms in total. The fraction of sp³-hybridized carbons (Fsp3) is 0. The van der Waals surface area contributed by atoms with Gasteiger partial charge in [-0.25, -0.2) is 0 Å². The molecule has 12 rings (SSSR count). The normalized spacial score (nSPS) is 11.6. The summed E-state index contributed by atoms with van der Waals surface area (Å²) in [6.07, 6.45) is 0. The van der Waals surface area contributed by atoms with Crippen LogP contribution in [0.4, 0.5) is 17.1 Å². The van der Waals surface area contributed by atoms with E-state index in [1.807, 2.05) is 11.3 Å². The molecule has 0 aliphatic rings. The largest absolute Gasteiger partial charge is 0.454 e. The van der Waals surface area contributed by atoms with Crippen molar-refractivity contribution in [3.05, 3.63) is 224 Å². The summed E-state index contributed by atoms with van der Waals surface area (Å²) >= 11 is 1.87. The molecule has 0 N–H and O–H groups in total. The predicted octanol–water partition coefficient (Wildman–Crippen LogP) is 17.2. The third kappa shape index (κ3) is 5.93. The van der Waals surface area contributed by atoms with Gasteiger partial charge in [-0.1, -0.05) is 188 Å². The van der Waals surface area contributed by atoms with Gasteiger partial charge in [0.25, 0.3) is 0 Å². The summed E-state index contributed by atoms with van der Waals surface area (Å²) in [4.78, 5) is 2.47. The first-order valence-electron chi connectivity index (χ1n) is 20.7. The van der Waals surface area contributed by atoms with E-state index in [0.717, 1.165) is 55.5 Å². The Bertz CT molecular complexity index is 3570. The van der Waals surface area contributed by atoms with Gasteiger partial charge < -0.3 is 9.32 Å². The van der Waals surface area contributed by atoms with Crippen molar-refractivity contribution in [3.8, 4) is 44.5 Å². The summed E-state index contributed by atoms with van der Waals surface area (Å²) in [6.45, 7) is 0. The van der Waals surface area contributed by atoms with Crippen molar-refractivity contribution in [1.82, 2.24) is 0 Å². The maximum Gasteiger partial charge on any atom is 0.159 e. The molecule has 0 radical (unpaired) electrons. The number of nitrogens with zero attached hydrogens (tertiary/aromatic N) is 1.